The average molecular weight is 271 g/mol. The van der Waals surface area contributed by atoms with Gasteiger partial charge in [-0.25, -0.2) is 9.97 Å². The Morgan fingerprint density at radius 1 is 1.00 bits per heavy atom. The second-order valence-corrected chi connectivity index (χ2v) is 4.79. The largest absolute Gasteiger partial charge is 0.439 e. The Labute approximate surface area is 120 Å². The number of aryl methyl sites for hydroxylation is 1. The van der Waals surface area contributed by atoms with E-state index in [0.717, 1.165) is 37.0 Å². The molecule has 0 amide bonds. The molecule has 0 saturated carbocycles. The Bertz CT molecular complexity index is 552. The first-order chi connectivity index (χ1) is 9.74. The molecule has 0 aliphatic rings. The highest BCUT2D eigenvalue weighted by Gasteiger charge is 2.10. The van der Waals surface area contributed by atoms with Crippen LogP contribution in [0.15, 0.2) is 30.6 Å². The van der Waals surface area contributed by atoms with Crippen LogP contribution in [0.1, 0.15) is 37.8 Å². The van der Waals surface area contributed by atoms with Crippen molar-refractivity contribution >= 4 is 5.82 Å². The molecular formula is C16H21N3O. The predicted molar refractivity (Wildman–Crippen MR) is 81.0 cm³/mol. The van der Waals surface area contributed by atoms with Crippen molar-refractivity contribution < 1.29 is 4.74 Å². The first kappa shape index (κ1) is 14.3. The summed E-state index contributed by atoms with van der Waals surface area (Å²) in [4.78, 5) is 8.22. The predicted octanol–water partition coefficient (Wildman–Crippen LogP) is 3.76. The zero-order valence-electron chi connectivity index (χ0n) is 12.1. The summed E-state index contributed by atoms with van der Waals surface area (Å²) in [5, 5.41) is 0. The number of hydrogen-bond donors (Lipinski definition) is 1. The number of ether oxygens (including phenoxy) is 1. The number of anilines is 1. The smallest absolute Gasteiger partial charge is 0.227 e. The van der Waals surface area contributed by atoms with Gasteiger partial charge in [0.2, 0.25) is 5.88 Å². The van der Waals surface area contributed by atoms with E-state index in [1.807, 2.05) is 12.1 Å². The van der Waals surface area contributed by atoms with Crippen molar-refractivity contribution in [2.45, 2.75) is 39.5 Å². The maximum atomic E-state index is 5.89. The molecule has 2 rings (SSSR count). The number of rotatable bonds is 6. The summed E-state index contributed by atoms with van der Waals surface area (Å²) in [5.74, 6) is 1.84. The van der Waals surface area contributed by atoms with Gasteiger partial charge in [0.05, 0.1) is 5.56 Å². The number of nitrogens with zero attached hydrogens (tertiary/aromatic N) is 2. The maximum absolute atomic E-state index is 5.89. The molecule has 0 radical (unpaired) electrons. The first-order valence-corrected chi connectivity index (χ1v) is 7.10. The van der Waals surface area contributed by atoms with E-state index in [9.17, 15) is 0 Å². The third kappa shape index (κ3) is 3.47. The zero-order valence-corrected chi connectivity index (χ0v) is 12.1. The first-order valence-electron chi connectivity index (χ1n) is 7.10. The lowest BCUT2D eigenvalue weighted by molar-refractivity contribution is 0.454. The third-order valence-electron chi connectivity index (χ3n) is 3.12. The van der Waals surface area contributed by atoms with Gasteiger partial charge in [0.1, 0.15) is 17.9 Å². The second-order valence-electron chi connectivity index (χ2n) is 4.79. The lowest BCUT2D eigenvalue weighted by atomic mass is 10.1. The summed E-state index contributed by atoms with van der Waals surface area (Å²) in [6, 6.07) is 8.11. The lowest BCUT2D eigenvalue weighted by Gasteiger charge is -2.11. The van der Waals surface area contributed by atoms with Gasteiger partial charge in [0.25, 0.3) is 0 Å². The maximum Gasteiger partial charge on any atom is 0.227 e. The van der Waals surface area contributed by atoms with Crippen molar-refractivity contribution in [2.75, 3.05) is 5.73 Å². The topological polar surface area (TPSA) is 61.0 Å². The fourth-order valence-electron chi connectivity index (χ4n) is 2.11. The van der Waals surface area contributed by atoms with Crippen LogP contribution < -0.4 is 10.5 Å². The van der Waals surface area contributed by atoms with Gasteiger partial charge in [0, 0.05) is 0 Å². The summed E-state index contributed by atoms with van der Waals surface area (Å²) in [6.07, 6.45) is 5.46. The van der Waals surface area contributed by atoms with Crippen LogP contribution in [0.4, 0.5) is 5.82 Å². The Morgan fingerprint density at radius 2 is 1.70 bits per heavy atom. The molecule has 4 nitrogen and oxygen atoms in total. The minimum atomic E-state index is 0.499. The van der Waals surface area contributed by atoms with Crippen molar-refractivity contribution in [2.24, 2.45) is 0 Å². The Balaban J connectivity index is 2.19. The molecule has 1 heterocycles. The molecule has 0 spiro atoms. The van der Waals surface area contributed by atoms with Crippen LogP contribution in [0.2, 0.25) is 0 Å². The molecule has 0 bridgehead atoms. The van der Waals surface area contributed by atoms with Crippen molar-refractivity contribution in [1.29, 1.82) is 0 Å². The fourth-order valence-corrected chi connectivity index (χ4v) is 2.11. The van der Waals surface area contributed by atoms with Gasteiger partial charge in [-0.15, -0.1) is 0 Å². The van der Waals surface area contributed by atoms with Gasteiger partial charge in [-0.2, -0.15) is 0 Å². The normalized spacial score (nSPS) is 10.5. The molecule has 0 fully saturated rings. The van der Waals surface area contributed by atoms with Crippen molar-refractivity contribution in [3.8, 4) is 11.6 Å². The van der Waals surface area contributed by atoms with Crippen LogP contribution >= 0.6 is 0 Å². The monoisotopic (exact) mass is 271 g/mol. The van der Waals surface area contributed by atoms with E-state index < -0.39 is 0 Å². The molecule has 0 aliphatic heterocycles. The van der Waals surface area contributed by atoms with Crippen LogP contribution in [-0.4, -0.2) is 9.97 Å². The van der Waals surface area contributed by atoms with Crippen LogP contribution in [-0.2, 0) is 12.8 Å². The number of aromatic nitrogens is 2. The van der Waals surface area contributed by atoms with Crippen LogP contribution in [0.25, 0.3) is 0 Å². The van der Waals surface area contributed by atoms with Gasteiger partial charge < -0.3 is 10.5 Å². The van der Waals surface area contributed by atoms with Crippen LogP contribution in [0.5, 0.6) is 11.6 Å². The molecule has 0 atom stereocenters. The van der Waals surface area contributed by atoms with E-state index in [-0.39, 0.29) is 0 Å². The van der Waals surface area contributed by atoms with Crippen LogP contribution in [0, 0.1) is 0 Å². The van der Waals surface area contributed by atoms with Crippen LogP contribution in [0.3, 0.4) is 0 Å². The Hall–Kier alpha value is -2.10. The molecule has 0 unspecified atom stereocenters. The third-order valence-corrected chi connectivity index (χ3v) is 3.12. The number of benzene rings is 1. The molecule has 106 valence electrons. The highest BCUT2D eigenvalue weighted by Crippen LogP contribution is 2.27. The molecule has 20 heavy (non-hydrogen) atoms. The second kappa shape index (κ2) is 6.89. The summed E-state index contributed by atoms with van der Waals surface area (Å²) in [7, 11) is 0. The lowest BCUT2D eigenvalue weighted by Crippen LogP contribution is -2.02. The van der Waals surface area contributed by atoms with E-state index in [1.165, 1.54) is 11.9 Å². The van der Waals surface area contributed by atoms with Crippen molar-refractivity contribution in [1.82, 2.24) is 9.97 Å². The van der Waals surface area contributed by atoms with E-state index in [1.54, 1.807) is 0 Å². The number of hydrogen-bond acceptors (Lipinski definition) is 4. The van der Waals surface area contributed by atoms with E-state index >= 15 is 0 Å². The van der Waals surface area contributed by atoms with Crippen molar-refractivity contribution in [3.05, 3.63) is 41.7 Å². The molecule has 2 N–H and O–H groups in total. The quantitative estimate of drug-likeness (QED) is 0.869. The minimum Gasteiger partial charge on any atom is -0.439 e. The average Bonchev–Trinajstić information content (AvgIpc) is 2.45. The zero-order chi connectivity index (χ0) is 14.4. The molecular weight excluding hydrogens is 250 g/mol. The van der Waals surface area contributed by atoms with E-state index in [2.05, 4.69) is 35.9 Å². The molecule has 0 aliphatic carbocycles. The van der Waals surface area contributed by atoms with Gasteiger partial charge in [-0.05, 0) is 30.5 Å². The molecule has 0 saturated heterocycles. The molecule has 2 aromatic rings. The van der Waals surface area contributed by atoms with E-state index in [0.29, 0.717) is 11.7 Å². The standard InChI is InChI=1S/C16H21N3O/c1-3-5-12-7-9-13(10-8-12)20-16-14(6-4-2)15(17)18-11-19-16/h7-11H,3-6H2,1-2H3,(H2,17,18,19). The molecule has 1 aromatic heterocycles. The Morgan fingerprint density at radius 3 is 2.35 bits per heavy atom. The molecule has 1 aromatic carbocycles. The van der Waals surface area contributed by atoms with Crippen molar-refractivity contribution in [3.63, 3.8) is 0 Å². The highest BCUT2D eigenvalue weighted by molar-refractivity contribution is 5.46. The van der Waals surface area contributed by atoms with Gasteiger partial charge in [0.15, 0.2) is 0 Å². The minimum absolute atomic E-state index is 0.499. The van der Waals surface area contributed by atoms with Gasteiger partial charge in [-0.1, -0.05) is 38.8 Å². The number of nitrogens with two attached hydrogens (primary N) is 1. The Kier molecular flexibility index (Phi) is 4.93. The van der Waals surface area contributed by atoms with Gasteiger partial charge >= 0.3 is 0 Å². The SMILES string of the molecule is CCCc1ccc(Oc2ncnc(N)c2CCC)cc1. The summed E-state index contributed by atoms with van der Waals surface area (Å²) >= 11 is 0. The fraction of sp³-hybridized carbons (Fsp3) is 0.375. The molecule has 4 heteroatoms. The van der Waals surface area contributed by atoms with E-state index in [4.69, 9.17) is 10.5 Å². The van der Waals surface area contributed by atoms with Gasteiger partial charge in [-0.3, -0.25) is 0 Å². The summed E-state index contributed by atoms with van der Waals surface area (Å²) < 4.78 is 5.84. The summed E-state index contributed by atoms with van der Waals surface area (Å²) in [6.45, 7) is 4.26. The summed E-state index contributed by atoms with van der Waals surface area (Å²) in [5.41, 5.74) is 8.09. The number of nitrogen functional groups attached to an aromatic ring is 1. The highest BCUT2D eigenvalue weighted by atomic mass is 16.5.